The van der Waals surface area contributed by atoms with Gasteiger partial charge in [0, 0.05) is 23.5 Å². The molecule has 0 unspecified atom stereocenters. The van der Waals surface area contributed by atoms with Crippen LogP contribution in [0.15, 0.2) is 16.0 Å². The fraction of sp³-hybridized carbons (Fsp3) is 0.467. The minimum Gasteiger partial charge on any atom is -0.348 e. The van der Waals surface area contributed by atoms with E-state index in [9.17, 15) is 4.79 Å². The van der Waals surface area contributed by atoms with E-state index in [2.05, 4.69) is 53.6 Å². The van der Waals surface area contributed by atoms with Crippen molar-refractivity contribution in [3.05, 3.63) is 43.8 Å². The number of hydrogen-bond acceptors (Lipinski definition) is 4. The molecule has 0 aliphatic rings. The van der Waals surface area contributed by atoms with Crippen LogP contribution in [0, 0.1) is 31.5 Å². The van der Waals surface area contributed by atoms with Gasteiger partial charge in [-0.25, -0.2) is 0 Å². The summed E-state index contributed by atoms with van der Waals surface area (Å²) in [6, 6.07) is 2.06. The van der Waals surface area contributed by atoms with Gasteiger partial charge in [0.25, 0.3) is 5.56 Å². The number of aromatic amines is 1. The number of H-pyrrole nitrogens is 1. The van der Waals surface area contributed by atoms with Crippen LogP contribution in [0.5, 0.6) is 0 Å². The van der Waals surface area contributed by atoms with Gasteiger partial charge in [0.1, 0.15) is 5.69 Å². The van der Waals surface area contributed by atoms with Gasteiger partial charge in [-0.1, -0.05) is 13.8 Å². The number of aromatic nitrogens is 4. The van der Waals surface area contributed by atoms with Crippen LogP contribution in [-0.4, -0.2) is 25.7 Å². The van der Waals surface area contributed by atoms with Gasteiger partial charge < -0.3 is 4.57 Å². The topological polar surface area (TPSA) is 68.0 Å². The molecule has 7 heteroatoms. The zero-order valence-corrected chi connectivity index (χ0v) is 14.4. The number of hydrogen-bond donors (Lipinski definition) is 1. The summed E-state index contributed by atoms with van der Waals surface area (Å²) in [4.78, 5) is 12.0. The molecule has 0 aliphatic carbocycles. The average molecular weight is 319 g/mol. The summed E-state index contributed by atoms with van der Waals surface area (Å²) in [5, 5.41) is 10.7. The van der Waals surface area contributed by atoms with Crippen molar-refractivity contribution >= 4 is 18.4 Å². The van der Waals surface area contributed by atoms with Crippen LogP contribution in [-0.2, 0) is 6.54 Å². The molecule has 0 amide bonds. The molecule has 0 aliphatic heterocycles. The van der Waals surface area contributed by atoms with Crippen molar-refractivity contribution in [2.45, 2.75) is 41.2 Å². The van der Waals surface area contributed by atoms with Crippen LogP contribution in [0.3, 0.4) is 0 Å². The van der Waals surface area contributed by atoms with E-state index in [1.54, 1.807) is 13.1 Å². The van der Waals surface area contributed by atoms with Gasteiger partial charge in [-0.3, -0.25) is 9.89 Å². The molecule has 0 atom stereocenters. The Hall–Kier alpha value is -2.02. The van der Waals surface area contributed by atoms with Gasteiger partial charge in [0.2, 0.25) is 4.77 Å². The fourth-order valence-electron chi connectivity index (χ4n) is 2.30. The second kappa shape index (κ2) is 6.39. The van der Waals surface area contributed by atoms with Gasteiger partial charge in [-0.2, -0.15) is 14.9 Å². The lowest BCUT2D eigenvalue weighted by atomic mass is 10.2. The van der Waals surface area contributed by atoms with Crippen molar-refractivity contribution in [3.63, 3.8) is 0 Å². The molecule has 118 valence electrons. The quantitative estimate of drug-likeness (QED) is 0.695. The van der Waals surface area contributed by atoms with Crippen LogP contribution in [0.1, 0.15) is 36.5 Å². The highest BCUT2D eigenvalue weighted by Crippen LogP contribution is 2.15. The first kappa shape index (κ1) is 16.4. The van der Waals surface area contributed by atoms with Crippen molar-refractivity contribution in [1.82, 2.24) is 19.4 Å². The molecule has 0 bridgehead atoms. The largest absolute Gasteiger partial charge is 0.348 e. The monoisotopic (exact) mass is 319 g/mol. The van der Waals surface area contributed by atoms with E-state index in [0.29, 0.717) is 11.6 Å². The summed E-state index contributed by atoms with van der Waals surface area (Å²) < 4.78 is 3.60. The zero-order chi connectivity index (χ0) is 16.4. The lowest BCUT2D eigenvalue weighted by molar-refractivity contribution is 0.509. The van der Waals surface area contributed by atoms with Crippen molar-refractivity contribution < 1.29 is 0 Å². The van der Waals surface area contributed by atoms with E-state index < -0.39 is 0 Å². The van der Waals surface area contributed by atoms with E-state index in [-0.39, 0.29) is 10.3 Å². The van der Waals surface area contributed by atoms with E-state index in [4.69, 9.17) is 12.2 Å². The molecule has 0 spiro atoms. The summed E-state index contributed by atoms with van der Waals surface area (Å²) in [6.45, 7) is 11.1. The summed E-state index contributed by atoms with van der Waals surface area (Å²) in [5.41, 5.74) is 3.31. The molecule has 0 radical (unpaired) electrons. The smallest absolute Gasteiger partial charge is 0.296 e. The Bertz CT molecular complexity index is 825. The van der Waals surface area contributed by atoms with Gasteiger partial charge >= 0.3 is 0 Å². The minimum absolute atomic E-state index is 0.183. The van der Waals surface area contributed by atoms with Crippen LogP contribution >= 0.6 is 12.2 Å². The molecule has 2 aromatic rings. The highest BCUT2D eigenvalue weighted by atomic mass is 32.1. The van der Waals surface area contributed by atoms with Crippen LogP contribution in [0.25, 0.3) is 0 Å². The zero-order valence-electron chi connectivity index (χ0n) is 13.5. The maximum atomic E-state index is 12.0. The minimum atomic E-state index is -0.309. The molecule has 0 fully saturated rings. The van der Waals surface area contributed by atoms with Crippen LogP contribution in [0.2, 0.25) is 0 Å². The van der Waals surface area contributed by atoms with E-state index in [0.717, 1.165) is 22.5 Å². The molecule has 2 heterocycles. The lowest BCUT2D eigenvalue weighted by Crippen LogP contribution is -2.22. The summed E-state index contributed by atoms with van der Waals surface area (Å²) >= 11 is 5.06. The van der Waals surface area contributed by atoms with E-state index in [1.807, 2.05) is 0 Å². The van der Waals surface area contributed by atoms with Gasteiger partial charge in [-0.15, -0.1) is 0 Å². The average Bonchev–Trinajstić information content (AvgIpc) is 2.70. The summed E-state index contributed by atoms with van der Waals surface area (Å²) in [7, 11) is 0. The molecular formula is C15H21N5OS. The Balaban J connectivity index is 2.42. The molecule has 0 aromatic carbocycles. The van der Waals surface area contributed by atoms with Crippen molar-refractivity contribution in [3.8, 4) is 0 Å². The molecule has 6 nitrogen and oxygen atoms in total. The highest BCUT2D eigenvalue weighted by Gasteiger charge is 2.09. The molecule has 1 N–H and O–H groups in total. The Morgan fingerprint density at radius 2 is 2.09 bits per heavy atom. The third kappa shape index (κ3) is 3.24. The van der Waals surface area contributed by atoms with Gasteiger partial charge in [0.15, 0.2) is 0 Å². The Morgan fingerprint density at radius 1 is 1.41 bits per heavy atom. The summed E-state index contributed by atoms with van der Waals surface area (Å²) in [5.74, 6) is 0.564. The number of aryl methyl sites for hydroxylation is 2. The predicted molar refractivity (Wildman–Crippen MR) is 90.2 cm³/mol. The Labute approximate surface area is 134 Å². The first-order valence-electron chi connectivity index (χ1n) is 7.20. The van der Waals surface area contributed by atoms with Gasteiger partial charge in [-0.05, 0) is 45.0 Å². The number of rotatable bonds is 4. The predicted octanol–water partition coefficient (Wildman–Crippen LogP) is 2.57. The van der Waals surface area contributed by atoms with E-state index >= 15 is 0 Å². The molecule has 0 saturated heterocycles. The maximum absolute atomic E-state index is 12.0. The molecule has 0 saturated carbocycles. The third-order valence-electron chi connectivity index (χ3n) is 3.49. The normalized spacial score (nSPS) is 11.7. The standard InChI is InChI=1S/C15H21N5OS/c1-9(2)8-19-10(3)6-13(12(19)5)7-16-20-14(21)11(4)17-18-15(20)22/h6-7,9H,8H2,1-5H3,(H,18,22)/b16-7-. The summed E-state index contributed by atoms with van der Waals surface area (Å²) in [6.07, 6.45) is 1.67. The number of nitrogens with one attached hydrogen (secondary N) is 1. The molecule has 22 heavy (non-hydrogen) atoms. The Morgan fingerprint density at radius 3 is 2.73 bits per heavy atom. The second-order valence-electron chi connectivity index (χ2n) is 5.81. The third-order valence-corrected chi connectivity index (χ3v) is 3.75. The lowest BCUT2D eigenvalue weighted by Gasteiger charge is -2.11. The van der Waals surface area contributed by atoms with Crippen LogP contribution in [0.4, 0.5) is 0 Å². The van der Waals surface area contributed by atoms with E-state index in [1.165, 1.54) is 5.69 Å². The highest BCUT2D eigenvalue weighted by molar-refractivity contribution is 7.71. The fourth-order valence-corrected chi connectivity index (χ4v) is 2.48. The molecular weight excluding hydrogens is 298 g/mol. The molecule has 2 aromatic heterocycles. The van der Waals surface area contributed by atoms with Crippen molar-refractivity contribution in [2.75, 3.05) is 0 Å². The molecule has 2 rings (SSSR count). The van der Waals surface area contributed by atoms with Crippen molar-refractivity contribution in [1.29, 1.82) is 0 Å². The maximum Gasteiger partial charge on any atom is 0.296 e. The van der Waals surface area contributed by atoms with Gasteiger partial charge in [0.05, 0.1) is 6.21 Å². The Kier molecular flexibility index (Phi) is 4.75. The SMILES string of the molecule is Cc1n[nH]c(=S)n(/N=C\c2cc(C)n(CC(C)C)c2C)c1=O. The number of nitrogens with zero attached hydrogens (tertiary/aromatic N) is 4. The first-order valence-corrected chi connectivity index (χ1v) is 7.61. The van der Waals surface area contributed by atoms with Crippen LogP contribution < -0.4 is 5.56 Å². The first-order chi connectivity index (χ1) is 10.3. The van der Waals surface area contributed by atoms with Crippen molar-refractivity contribution in [2.24, 2.45) is 11.0 Å². The second-order valence-corrected chi connectivity index (χ2v) is 6.19.